The van der Waals surface area contributed by atoms with Crippen LogP contribution >= 0.6 is 0 Å². The molecule has 0 unspecified atom stereocenters. The maximum Gasteiger partial charge on any atom is 0.256 e. The Bertz CT molecular complexity index is 686. The van der Waals surface area contributed by atoms with Gasteiger partial charge in [0.25, 0.3) is 5.88 Å². The smallest absolute Gasteiger partial charge is 0.256 e. The van der Waals surface area contributed by atoms with E-state index in [-0.39, 0.29) is 11.6 Å². The van der Waals surface area contributed by atoms with Gasteiger partial charge in [0.05, 0.1) is 18.7 Å². The molecule has 0 saturated carbocycles. The number of aromatic nitrogens is 2. The van der Waals surface area contributed by atoms with Crippen LogP contribution in [0.5, 0.6) is 17.4 Å². The number of nitriles is 2. The summed E-state index contributed by atoms with van der Waals surface area (Å²) in [6, 6.07) is 8.57. The van der Waals surface area contributed by atoms with E-state index in [4.69, 9.17) is 20.0 Å². The Hall–Kier alpha value is -3.12. The molecule has 0 N–H and O–H groups in total. The molecule has 0 aliphatic heterocycles. The first-order valence-electron chi connectivity index (χ1n) is 5.25. The van der Waals surface area contributed by atoms with Crippen molar-refractivity contribution in [3.63, 3.8) is 0 Å². The average Bonchev–Trinajstić information content (AvgIpc) is 2.47. The molecule has 0 amide bonds. The van der Waals surface area contributed by atoms with Gasteiger partial charge in [-0.2, -0.15) is 10.5 Å². The second-order valence-corrected chi connectivity index (χ2v) is 3.43. The van der Waals surface area contributed by atoms with E-state index >= 15 is 0 Å². The van der Waals surface area contributed by atoms with Crippen LogP contribution in [-0.2, 0) is 0 Å². The molecule has 0 atom stereocenters. The number of nitrogens with zero attached hydrogens (tertiary/aromatic N) is 4. The van der Waals surface area contributed by atoms with Crippen LogP contribution in [0, 0.1) is 22.7 Å². The van der Waals surface area contributed by atoms with Gasteiger partial charge in [0.1, 0.15) is 17.6 Å². The zero-order valence-electron chi connectivity index (χ0n) is 9.99. The molecule has 0 saturated heterocycles. The minimum Gasteiger partial charge on any atom is -0.497 e. The Morgan fingerprint density at radius 2 is 1.74 bits per heavy atom. The first kappa shape index (κ1) is 12.3. The van der Waals surface area contributed by atoms with Gasteiger partial charge >= 0.3 is 0 Å². The quantitative estimate of drug-likeness (QED) is 0.829. The van der Waals surface area contributed by atoms with E-state index < -0.39 is 0 Å². The lowest BCUT2D eigenvalue weighted by Crippen LogP contribution is -1.95. The minimum atomic E-state index is 0.0730. The maximum absolute atomic E-state index is 8.91. The van der Waals surface area contributed by atoms with Crippen LogP contribution in [0.3, 0.4) is 0 Å². The van der Waals surface area contributed by atoms with Gasteiger partial charge in [0.2, 0.25) is 5.69 Å². The van der Waals surface area contributed by atoms with Crippen LogP contribution in [0.4, 0.5) is 0 Å². The van der Waals surface area contributed by atoms with Crippen molar-refractivity contribution in [2.75, 3.05) is 7.11 Å². The Kier molecular flexibility index (Phi) is 3.56. The molecule has 0 aliphatic rings. The van der Waals surface area contributed by atoms with Crippen molar-refractivity contribution >= 4 is 0 Å². The number of benzene rings is 1. The zero-order valence-corrected chi connectivity index (χ0v) is 9.99. The van der Waals surface area contributed by atoms with Crippen molar-refractivity contribution in [1.29, 1.82) is 10.5 Å². The fraction of sp³-hybridized carbons (Fsp3) is 0.0769. The molecule has 2 rings (SSSR count). The predicted octanol–water partition coefficient (Wildman–Crippen LogP) is 2.02. The molecule has 19 heavy (non-hydrogen) atoms. The third kappa shape index (κ3) is 2.76. The lowest BCUT2D eigenvalue weighted by Gasteiger charge is -2.07. The van der Waals surface area contributed by atoms with E-state index in [1.54, 1.807) is 12.1 Å². The standard InChI is InChI=1S/C13H8N4O2/c1-18-10-4-9(7-14)5-11(6-10)19-13-12(8-15)16-2-3-17-13/h2-6H,1H3. The van der Waals surface area contributed by atoms with E-state index in [2.05, 4.69) is 9.97 Å². The van der Waals surface area contributed by atoms with Crippen molar-refractivity contribution in [3.8, 4) is 29.5 Å². The summed E-state index contributed by atoms with van der Waals surface area (Å²) in [5.74, 6) is 0.923. The van der Waals surface area contributed by atoms with Crippen LogP contribution < -0.4 is 9.47 Å². The normalized spacial score (nSPS) is 9.21. The Balaban J connectivity index is 2.39. The van der Waals surface area contributed by atoms with Gasteiger partial charge in [-0.1, -0.05) is 0 Å². The molecular formula is C13H8N4O2. The Labute approximate surface area is 109 Å². The van der Waals surface area contributed by atoms with Crippen molar-refractivity contribution < 1.29 is 9.47 Å². The van der Waals surface area contributed by atoms with Gasteiger partial charge in [0, 0.05) is 18.5 Å². The summed E-state index contributed by atoms with van der Waals surface area (Å²) >= 11 is 0. The molecule has 1 aromatic heterocycles. The summed E-state index contributed by atoms with van der Waals surface area (Å²) in [5.41, 5.74) is 0.459. The SMILES string of the molecule is COc1cc(C#N)cc(Oc2nccnc2C#N)c1. The predicted molar refractivity (Wildman–Crippen MR) is 64.5 cm³/mol. The van der Waals surface area contributed by atoms with Crippen molar-refractivity contribution in [2.45, 2.75) is 0 Å². The van der Waals surface area contributed by atoms with E-state index in [1.165, 1.54) is 25.6 Å². The lowest BCUT2D eigenvalue weighted by molar-refractivity contribution is 0.406. The molecule has 6 heteroatoms. The topological polar surface area (TPSA) is 91.8 Å². The molecule has 0 fully saturated rings. The van der Waals surface area contributed by atoms with E-state index in [1.807, 2.05) is 12.1 Å². The van der Waals surface area contributed by atoms with E-state index in [0.29, 0.717) is 17.1 Å². The van der Waals surface area contributed by atoms with Crippen molar-refractivity contribution in [2.24, 2.45) is 0 Å². The average molecular weight is 252 g/mol. The second kappa shape index (κ2) is 5.48. The summed E-state index contributed by atoms with van der Waals surface area (Å²) in [4.78, 5) is 7.76. The Morgan fingerprint density at radius 3 is 2.42 bits per heavy atom. The molecule has 0 bridgehead atoms. The van der Waals surface area contributed by atoms with Gasteiger partial charge in [-0.05, 0) is 12.1 Å². The molecule has 1 heterocycles. The Morgan fingerprint density at radius 1 is 1.00 bits per heavy atom. The zero-order chi connectivity index (χ0) is 13.7. The number of methoxy groups -OCH3 is 1. The highest BCUT2D eigenvalue weighted by Crippen LogP contribution is 2.27. The first-order chi connectivity index (χ1) is 9.26. The van der Waals surface area contributed by atoms with Gasteiger partial charge in [-0.15, -0.1) is 0 Å². The molecule has 92 valence electrons. The van der Waals surface area contributed by atoms with Crippen molar-refractivity contribution in [3.05, 3.63) is 41.9 Å². The van der Waals surface area contributed by atoms with Crippen LogP contribution in [0.25, 0.3) is 0 Å². The minimum absolute atomic E-state index is 0.0730. The van der Waals surface area contributed by atoms with Crippen molar-refractivity contribution in [1.82, 2.24) is 9.97 Å². The highest BCUT2D eigenvalue weighted by Gasteiger charge is 2.09. The summed E-state index contributed by atoms with van der Waals surface area (Å²) in [7, 11) is 1.49. The number of ether oxygens (including phenoxy) is 2. The number of rotatable bonds is 3. The van der Waals surface area contributed by atoms with E-state index in [0.717, 1.165) is 0 Å². The van der Waals surface area contributed by atoms with Gasteiger partial charge < -0.3 is 9.47 Å². The molecule has 0 spiro atoms. The summed E-state index contributed by atoms with van der Waals surface area (Å²) in [5, 5.41) is 17.8. The largest absolute Gasteiger partial charge is 0.497 e. The van der Waals surface area contributed by atoms with Crippen LogP contribution in [0.2, 0.25) is 0 Å². The monoisotopic (exact) mass is 252 g/mol. The molecule has 6 nitrogen and oxygen atoms in total. The molecule has 0 aliphatic carbocycles. The highest BCUT2D eigenvalue weighted by molar-refractivity contribution is 5.45. The lowest BCUT2D eigenvalue weighted by atomic mass is 10.2. The van der Waals surface area contributed by atoms with E-state index in [9.17, 15) is 0 Å². The van der Waals surface area contributed by atoms with Crippen LogP contribution in [-0.4, -0.2) is 17.1 Å². The van der Waals surface area contributed by atoms with Crippen LogP contribution in [0.15, 0.2) is 30.6 Å². The highest BCUT2D eigenvalue weighted by atomic mass is 16.5. The van der Waals surface area contributed by atoms with Gasteiger partial charge in [-0.25, -0.2) is 9.97 Å². The molecule has 2 aromatic rings. The molecule has 0 radical (unpaired) electrons. The molecule has 1 aromatic carbocycles. The maximum atomic E-state index is 8.91. The third-order valence-electron chi connectivity index (χ3n) is 2.23. The number of hydrogen-bond donors (Lipinski definition) is 0. The number of hydrogen-bond acceptors (Lipinski definition) is 6. The fourth-order valence-corrected chi connectivity index (χ4v) is 1.40. The second-order valence-electron chi connectivity index (χ2n) is 3.43. The summed E-state index contributed by atoms with van der Waals surface area (Å²) in [6.45, 7) is 0. The fourth-order valence-electron chi connectivity index (χ4n) is 1.40. The molecular weight excluding hydrogens is 244 g/mol. The summed E-state index contributed by atoms with van der Waals surface area (Å²) < 4.78 is 10.5. The summed E-state index contributed by atoms with van der Waals surface area (Å²) in [6.07, 6.45) is 2.82. The van der Waals surface area contributed by atoms with Gasteiger partial charge in [-0.3, -0.25) is 0 Å². The third-order valence-corrected chi connectivity index (χ3v) is 2.23. The van der Waals surface area contributed by atoms with Crippen LogP contribution in [0.1, 0.15) is 11.3 Å². The first-order valence-corrected chi connectivity index (χ1v) is 5.25. The van der Waals surface area contributed by atoms with Gasteiger partial charge in [0.15, 0.2) is 0 Å².